The minimum Gasteiger partial charge on any atom is -0.457 e. The van der Waals surface area contributed by atoms with Crippen LogP contribution in [0.5, 0.6) is 23.0 Å². The van der Waals surface area contributed by atoms with E-state index in [1.807, 2.05) is 109 Å². The summed E-state index contributed by atoms with van der Waals surface area (Å²) in [6.07, 6.45) is 0. The van der Waals surface area contributed by atoms with Gasteiger partial charge < -0.3 is 19.4 Å². The van der Waals surface area contributed by atoms with Gasteiger partial charge in [-0.2, -0.15) is 0 Å². The van der Waals surface area contributed by atoms with E-state index in [0.717, 1.165) is 22.3 Å². The van der Waals surface area contributed by atoms with Gasteiger partial charge in [0.25, 0.3) is 0 Å². The number of aromatic amines is 2. The van der Waals surface area contributed by atoms with E-state index >= 15 is 0 Å². The molecule has 0 aliphatic carbocycles. The van der Waals surface area contributed by atoms with Crippen LogP contribution in [-0.4, -0.2) is 9.97 Å². The van der Waals surface area contributed by atoms with Gasteiger partial charge in [-0.15, -0.1) is 0 Å². The first-order valence-corrected chi connectivity index (χ1v) is 16.3. The largest absolute Gasteiger partial charge is 0.457 e. The average Bonchev–Trinajstić information content (AvgIpc) is 3.16. The molecule has 9 aromatic rings. The lowest BCUT2D eigenvalue weighted by molar-refractivity contribution is 0.483. The van der Waals surface area contributed by atoms with E-state index in [-0.39, 0.29) is 10.9 Å². The molecular weight excluding hydrogens is 620 g/mol. The van der Waals surface area contributed by atoms with Crippen LogP contribution in [-0.2, 0) is 0 Å². The highest BCUT2D eigenvalue weighted by Gasteiger charge is 2.13. The third-order valence-corrected chi connectivity index (χ3v) is 9.05. The average molecular weight is 649 g/mol. The lowest BCUT2D eigenvalue weighted by Crippen LogP contribution is -2.08. The second-order valence-corrected chi connectivity index (χ2v) is 12.3. The minimum atomic E-state index is -0.150. The topological polar surface area (TPSA) is 84.2 Å². The highest BCUT2D eigenvalue weighted by molar-refractivity contribution is 6.03. The van der Waals surface area contributed by atoms with Gasteiger partial charge in [-0.25, -0.2) is 0 Å². The van der Waals surface area contributed by atoms with Gasteiger partial charge in [0, 0.05) is 21.5 Å². The standard InChI is InChI=1S/C44H28N2O4/c47-43-35-23-33(49-31-15-11-29(12-16-31)27-7-3-1-4-8-27)19-21-39(35)45-41-26-38-42(25-37(41)43)46-40-22-20-34(24-36(40)44(38)48)50-32-17-13-30(14-18-32)28-9-5-2-6-10-28/h1-26H,(H,45,47)(H,46,48). The number of aromatic nitrogens is 2. The zero-order valence-electron chi connectivity index (χ0n) is 26.6. The first-order chi connectivity index (χ1) is 24.6. The van der Waals surface area contributed by atoms with Crippen molar-refractivity contribution >= 4 is 43.6 Å². The number of nitrogens with one attached hydrogen (secondary N) is 2. The van der Waals surface area contributed by atoms with Crippen molar-refractivity contribution in [2.45, 2.75) is 0 Å². The van der Waals surface area contributed by atoms with Gasteiger partial charge in [-0.3, -0.25) is 9.59 Å². The summed E-state index contributed by atoms with van der Waals surface area (Å²) >= 11 is 0. The maximum absolute atomic E-state index is 13.8. The van der Waals surface area contributed by atoms with Crippen LogP contribution in [0, 0.1) is 0 Å². The monoisotopic (exact) mass is 648 g/mol. The molecule has 2 aromatic heterocycles. The van der Waals surface area contributed by atoms with Crippen molar-refractivity contribution in [1.82, 2.24) is 9.97 Å². The maximum Gasteiger partial charge on any atom is 0.197 e. The quantitative estimate of drug-likeness (QED) is 0.176. The number of hydrogen-bond acceptors (Lipinski definition) is 4. The van der Waals surface area contributed by atoms with Gasteiger partial charge in [0.05, 0.1) is 22.1 Å². The van der Waals surface area contributed by atoms with E-state index in [0.29, 0.717) is 66.6 Å². The lowest BCUT2D eigenvalue weighted by atomic mass is 10.0. The third kappa shape index (κ3) is 5.35. The molecule has 0 saturated heterocycles. The van der Waals surface area contributed by atoms with Crippen LogP contribution in [0.3, 0.4) is 0 Å². The predicted octanol–water partition coefficient (Wildman–Crippen LogP) is 10.6. The molecule has 0 unspecified atom stereocenters. The molecular formula is C44H28N2O4. The van der Waals surface area contributed by atoms with Crippen molar-refractivity contribution in [3.8, 4) is 45.3 Å². The van der Waals surface area contributed by atoms with Crippen molar-refractivity contribution in [1.29, 1.82) is 0 Å². The molecule has 50 heavy (non-hydrogen) atoms. The Bertz CT molecular complexity index is 2630. The third-order valence-electron chi connectivity index (χ3n) is 9.05. The van der Waals surface area contributed by atoms with Crippen molar-refractivity contribution < 1.29 is 9.47 Å². The van der Waals surface area contributed by atoms with Crippen LogP contribution < -0.4 is 20.3 Å². The Morgan fingerprint density at radius 1 is 0.320 bits per heavy atom. The summed E-state index contributed by atoms with van der Waals surface area (Å²) in [6, 6.07) is 50.3. The van der Waals surface area contributed by atoms with Gasteiger partial charge in [0.2, 0.25) is 0 Å². The summed E-state index contributed by atoms with van der Waals surface area (Å²) in [5.41, 5.74) is 6.61. The molecule has 0 fully saturated rings. The van der Waals surface area contributed by atoms with Crippen molar-refractivity contribution in [3.63, 3.8) is 0 Å². The van der Waals surface area contributed by atoms with Crippen LogP contribution in [0.2, 0.25) is 0 Å². The van der Waals surface area contributed by atoms with Crippen LogP contribution in [0.1, 0.15) is 0 Å². The fraction of sp³-hybridized carbons (Fsp3) is 0. The number of benzene rings is 7. The Balaban J connectivity index is 1.03. The summed E-state index contributed by atoms with van der Waals surface area (Å²) < 4.78 is 12.3. The summed E-state index contributed by atoms with van der Waals surface area (Å²) in [7, 11) is 0. The van der Waals surface area contributed by atoms with Gasteiger partial charge >= 0.3 is 0 Å². The van der Waals surface area contributed by atoms with Gasteiger partial charge in [0.1, 0.15) is 23.0 Å². The molecule has 6 nitrogen and oxygen atoms in total. The molecule has 0 radical (unpaired) electrons. The first kappa shape index (κ1) is 29.2. The molecule has 2 heterocycles. The number of hydrogen-bond donors (Lipinski definition) is 2. The predicted molar refractivity (Wildman–Crippen MR) is 202 cm³/mol. The summed E-state index contributed by atoms with van der Waals surface area (Å²) in [5, 5.41) is 1.94. The minimum absolute atomic E-state index is 0.150. The number of pyridine rings is 2. The summed E-state index contributed by atoms with van der Waals surface area (Å²) in [4.78, 5) is 34.4. The maximum atomic E-state index is 13.8. The summed E-state index contributed by atoms with van der Waals surface area (Å²) in [5.74, 6) is 2.46. The van der Waals surface area contributed by atoms with Crippen LogP contribution in [0.25, 0.3) is 65.9 Å². The van der Waals surface area contributed by atoms with Crippen molar-refractivity contribution in [2.24, 2.45) is 0 Å². The SMILES string of the molecule is O=c1c2cc(Oc3ccc(-c4ccccc4)cc3)ccc2[nH]c2cc3c(=O)c4cc(Oc5ccc(-c6ccccc6)cc5)ccc4[nH]c3cc12. The molecule has 2 N–H and O–H groups in total. The van der Waals surface area contributed by atoms with E-state index in [1.165, 1.54) is 0 Å². The number of ether oxygens (including phenoxy) is 2. The Labute approximate surface area is 285 Å². The molecule has 238 valence electrons. The van der Waals surface area contributed by atoms with Gasteiger partial charge in [-0.05, 0) is 95.1 Å². The van der Waals surface area contributed by atoms with E-state index in [9.17, 15) is 9.59 Å². The molecule has 0 amide bonds. The second-order valence-electron chi connectivity index (χ2n) is 12.3. The Kier molecular flexibility index (Phi) is 6.99. The van der Waals surface area contributed by atoms with E-state index in [1.54, 1.807) is 24.3 Å². The lowest BCUT2D eigenvalue weighted by Gasteiger charge is -2.10. The smallest absolute Gasteiger partial charge is 0.197 e. The number of H-pyrrole nitrogens is 2. The normalized spacial score (nSPS) is 11.4. The fourth-order valence-electron chi connectivity index (χ4n) is 6.49. The number of rotatable bonds is 6. The zero-order valence-corrected chi connectivity index (χ0v) is 26.6. The molecule has 6 heteroatoms. The second kappa shape index (κ2) is 12.0. The van der Waals surface area contributed by atoms with Gasteiger partial charge in [-0.1, -0.05) is 84.9 Å². The molecule has 0 atom stereocenters. The van der Waals surface area contributed by atoms with E-state index < -0.39 is 0 Å². The molecule has 9 rings (SSSR count). The van der Waals surface area contributed by atoms with Crippen molar-refractivity contribution in [2.75, 3.05) is 0 Å². The molecule has 0 spiro atoms. The molecule has 0 saturated carbocycles. The number of fused-ring (bicyclic) bond motifs is 4. The zero-order chi connectivity index (χ0) is 33.6. The first-order valence-electron chi connectivity index (χ1n) is 16.3. The van der Waals surface area contributed by atoms with E-state index in [2.05, 4.69) is 34.2 Å². The van der Waals surface area contributed by atoms with E-state index in [4.69, 9.17) is 9.47 Å². The Hall–Kier alpha value is -6.92. The van der Waals surface area contributed by atoms with Crippen LogP contribution >= 0.6 is 0 Å². The molecule has 0 aliphatic rings. The Morgan fingerprint density at radius 3 is 1.06 bits per heavy atom. The summed E-state index contributed by atoms with van der Waals surface area (Å²) in [6.45, 7) is 0. The fourth-order valence-corrected chi connectivity index (χ4v) is 6.49. The highest BCUT2D eigenvalue weighted by Crippen LogP contribution is 2.30. The van der Waals surface area contributed by atoms with Crippen molar-refractivity contribution in [3.05, 3.63) is 178 Å². The molecule has 0 bridgehead atoms. The van der Waals surface area contributed by atoms with Gasteiger partial charge in [0.15, 0.2) is 10.9 Å². The Morgan fingerprint density at radius 2 is 0.660 bits per heavy atom. The molecule has 0 aliphatic heterocycles. The molecule has 7 aromatic carbocycles. The van der Waals surface area contributed by atoms with Crippen LogP contribution in [0.15, 0.2) is 167 Å². The van der Waals surface area contributed by atoms with Crippen LogP contribution in [0.4, 0.5) is 0 Å². The highest BCUT2D eigenvalue weighted by atomic mass is 16.5.